The molecular formula is C13H13IN2O2. The minimum absolute atomic E-state index is 0.0810. The highest BCUT2D eigenvalue weighted by molar-refractivity contribution is 14.1. The first-order valence-electron chi connectivity index (χ1n) is 5.38. The van der Waals surface area contributed by atoms with Gasteiger partial charge in [-0.05, 0) is 53.3 Å². The number of hydrogen-bond donors (Lipinski definition) is 1. The monoisotopic (exact) mass is 356 g/mol. The van der Waals surface area contributed by atoms with Crippen LogP contribution in [-0.4, -0.2) is 19.6 Å². The molecule has 1 rings (SSSR count). The number of nitriles is 1. The molecule has 0 aliphatic heterocycles. The number of benzene rings is 1. The number of nitrogens with one attached hydrogen (secondary N) is 1. The third kappa shape index (κ3) is 3.74. The summed E-state index contributed by atoms with van der Waals surface area (Å²) in [6.45, 7) is 2.52. The zero-order valence-corrected chi connectivity index (χ0v) is 12.3. The molecule has 0 radical (unpaired) electrons. The van der Waals surface area contributed by atoms with Gasteiger partial charge in [-0.2, -0.15) is 5.26 Å². The Morgan fingerprint density at radius 3 is 2.83 bits per heavy atom. The van der Waals surface area contributed by atoms with Gasteiger partial charge in [0.15, 0.2) is 0 Å². The van der Waals surface area contributed by atoms with Crippen LogP contribution in [0.4, 0.5) is 0 Å². The Hall–Kier alpha value is -1.55. The van der Waals surface area contributed by atoms with Gasteiger partial charge in [0.1, 0.15) is 17.4 Å². The second kappa shape index (κ2) is 7.01. The summed E-state index contributed by atoms with van der Waals surface area (Å²) in [4.78, 5) is 11.4. The lowest BCUT2D eigenvalue weighted by Crippen LogP contribution is -2.19. The quantitative estimate of drug-likeness (QED) is 0.512. The third-order valence-electron chi connectivity index (χ3n) is 2.16. The minimum atomic E-state index is -0.388. The number of amides is 1. The van der Waals surface area contributed by atoms with Crippen molar-refractivity contribution in [1.29, 1.82) is 5.26 Å². The van der Waals surface area contributed by atoms with E-state index in [0.29, 0.717) is 6.61 Å². The molecule has 0 atom stereocenters. The molecule has 94 valence electrons. The van der Waals surface area contributed by atoms with E-state index in [0.717, 1.165) is 14.9 Å². The first kappa shape index (κ1) is 14.5. The van der Waals surface area contributed by atoms with Crippen LogP contribution < -0.4 is 10.1 Å². The van der Waals surface area contributed by atoms with Crippen molar-refractivity contribution < 1.29 is 9.53 Å². The van der Waals surface area contributed by atoms with Gasteiger partial charge < -0.3 is 10.1 Å². The lowest BCUT2D eigenvalue weighted by molar-refractivity contribution is -0.116. The van der Waals surface area contributed by atoms with Gasteiger partial charge in [-0.3, -0.25) is 4.79 Å². The molecule has 0 spiro atoms. The number of carbonyl (C=O) groups is 1. The molecule has 4 nitrogen and oxygen atoms in total. The molecule has 18 heavy (non-hydrogen) atoms. The average Bonchev–Trinajstić information content (AvgIpc) is 2.38. The van der Waals surface area contributed by atoms with Gasteiger partial charge in [-0.15, -0.1) is 0 Å². The number of hydrogen-bond acceptors (Lipinski definition) is 3. The van der Waals surface area contributed by atoms with Crippen molar-refractivity contribution in [3.63, 3.8) is 0 Å². The van der Waals surface area contributed by atoms with Crippen molar-refractivity contribution in [2.75, 3.05) is 13.7 Å². The highest BCUT2D eigenvalue weighted by Crippen LogP contribution is 2.23. The summed E-state index contributed by atoms with van der Waals surface area (Å²) < 4.78 is 6.36. The smallest absolute Gasteiger partial charge is 0.261 e. The van der Waals surface area contributed by atoms with Crippen LogP contribution in [-0.2, 0) is 4.79 Å². The van der Waals surface area contributed by atoms with Crippen LogP contribution in [0, 0.1) is 14.9 Å². The SMILES string of the molecule is CCOc1ccc(C=C(C#N)C(=O)NC)cc1I. The minimum Gasteiger partial charge on any atom is -0.493 e. The molecule has 1 aromatic carbocycles. The van der Waals surface area contributed by atoms with E-state index in [1.54, 1.807) is 6.08 Å². The summed E-state index contributed by atoms with van der Waals surface area (Å²) in [5, 5.41) is 11.3. The van der Waals surface area contributed by atoms with Crippen molar-refractivity contribution in [3.8, 4) is 11.8 Å². The molecule has 0 saturated carbocycles. The number of ether oxygens (including phenoxy) is 1. The molecule has 5 heteroatoms. The predicted octanol–water partition coefficient (Wildman–Crippen LogP) is 2.34. The lowest BCUT2D eigenvalue weighted by Gasteiger charge is -2.06. The number of nitrogens with zero attached hydrogens (tertiary/aromatic N) is 1. The Bertz CT molecular complexity index is 518. The van der Waals surface area contributed by atoms with Gasteiger partial charge >= 0.3 is 0 Å². The Balaban J connectivity index is 3.05. The van der Waals surface area contributed by atoms with Crippen molar-refractivity contribution in [2.45, 2.75) is 6.92 Å². The Labute approximate surface area is 120 Å². The van der Waals surface area contributed by atoms with Crippen LogP contribution in [0.5, 0.6) is 5.75 Å². The molecule has 1 aromatic rings. The summed E-state index contributed by atoms with van der Waals surface area (Å²) >= 11 is 2.16. The van der Waals surface area contributed by atoms with Crippen molar-refractivity contribution >= 4 is 34.6 Å². The summed E-state index contributed by atoms with van der Waals surface area (Å²) in [5.74, 6) is 0.412. The van der Waals surface area contributed by atoms with Gasteiger partial charge in [0.25, 0.3) is 5.91 Å². The molecular weight excluding hydrogens is 343 g/mol. The van der Waals surface area contributed by atoms with Gasteiger partial charge in [-0.25, -0.2) is 0 Å². The van der Waals surface area contributed by atoms with E-state index in [1.807, 2.05) is 31.2 Å². The normalized spacial score (nSPS) is 10.7. The highest BCUT2D eigenvalue weighted by atomic mass is 127. The topological polar surface area (TPSA) is 62.1 Å². The fourth-order valence-corrected chi connectivity index (χ4v) is 2.02. The number of likely N-dealkylation sites (N-methyl/N-ethyl adjacent to an activating group) is 1. The number of carbonyl (C=O) groups excluding carboxylic acids is 1. The molecule has 0 unspecified atom stereocenters. The summed E-state index contributed by atoms with van der Waals surface area (Å²) in [7, 11) is 1.50. The largest absolute Gasteiger partial charge is 0.493 e. The molecule has 0 bridgehead atoms. The van der Waals surface area contributed by atoms with E-state index in [4.69, 9.17) is 10.00 Å². The second-order valence-electron chi connectivity index (χ2n) is 3.37. The fourth-order valence-electron chi connectivity index (χ4n) is 1.33. The van der Waals surface area contributed by atoms with E-state index < -0.39 is 0 Å². The van der Waals surface area contributed by atoms with Crippen LogP contribution in [0.15, 0.2) is 23.8 Å². The first-order valence-corrected chi connectivity index (χ1v) is 6.46. The average molecular weight is 356 g/mol. The van der Waals surface area contributed by atoms with Crippen LogP contribution in [0.1, 0.15) is 12.5 Å². The van der Waals surface area contributed by atoms with E-state index >= 15 is 0 Å². The van der Waals surface area contributed by atoms with Crippen molar-refractivity contribution in [1.82, 2.24) is 5.32 Å². The maximum atomic E-state index is 11.4. The molecule has 1 amide bonds. The number of halogens is 1. The zero-order chi connectivity index (χ0) is 13.5. The Kier molecular flexibility index (Phi) is 5.65. The van der Waals surface area contributed by atoms with Crippen LogP contribution >= 0.6 is 22.6 Å². The van der Waals surface area contributed by atoms with Gasteiger partial charge in [0.05, 0.1) is 10.2 Å². The van der Waals surface area contributed by atoms with E-state index in [2.05, 4.69) is 27.9 Å². The standard InChI is InChI=1S/C13H13IN2O2/c1-3-18-12-5-4-9(7-11(12)14)6-10(8-15)13(17)16-2/h4-7H,3H2,1-2H3,(H,16,17). The van der Waals surface area contributed by atoms with Crippen molar-refractivity contribution in [3.05, 3.63) is 32.9 Å². The van der Waals surface area contributed by atoms with Crippen LogP contribution in [0.25, 0.3) is 6.08 Å². The summed E-state index contributed by atoms with van der Waals surface area (Å²) in [5.41, 5.74) is 0.875. The fraction of sp³-hybridized carbons (Fsp3) is 0.231. The van der Waals surface area contributed by atoms with E-state index in [-0.39, 0.29) is 11.5 Å². The Morgan fingerprint density at radius 2 is 2.33 bits per heavy atom. The molecule has 0 aliphatic carbocycles. The summed E-state index contributed by atoms with van der Waals surface area (Å²) in [6.07, 6.45) is 1.55. The predicted molar refractivity (Wildman–Crippen MR) is 78.0 cm³/mol. The van der Waals surface area contributed by atoms with Gasteiger partial charge in [-0.1, -0.05) is 6.07 Å². The second-order valence-corrected chi connectivity index (χ2v) is 4.53. The zero-order valence-electron chi connectivity index (χ0n) is 10.2. The van der Waals surface area contributed by atoms with E-state index in [9.17, 15) is 4.79 Å². The van der Waals surface area contributed by atoms with Gasteiger partial charge in [0.2, 0.25) is 0 Å². The van der Waals surface area contributed by atoms with Crippen molar-refractivity contribution in [2.24, 2.45) is 0 Å². The molecule has 0 heterocycles. The Morgan fingerprint density at radius 1 is 1.61 bits per heavy atom. The summed E-state index contributed by atoms with van der Waals surface area (Å²) in [6, 6.07) is 7.38. The molecule has 0 fully saturated rings. The van der Waals surface area contributed by atoms with Crippen LogP contribution in [0.2, 0.25) is 0 Å². The first-order chi connectivity index (χ1) is 8.62. The lowest BCUT2D eigenvalue weighted by atomic mass is 10.1. The van der Waals surface area contributed by atoms with E-state index in [1.165, 1.54) is 7.05 Å². The maximum Gasteiger partial charge on any atom is 0.261 e. The highest BCUT2D eigenvalue weighted by Gasteiger charge is 2.07. The van der Waals surface area contributed by atoms with Crippen LogP contribution in [0.3, 0.4) is 0 Å². The molecule has 0 aromatic heterocycles. The molecule has 1 N–H and O–H groups in total. The maximum absolute atomic E-state index is 11.4. The van der Waals surface area contributed by atoms with Gasteiger partial charge in [0, 0.05) is 7.05 Å². The number of rotatable bonds is 4. The molecule has 0 aliphatic rings. The third-order valence-corrected chi connectivity index (χ3v) is 3.00. The molecule has 0 saturated heterocycles.